The summed E-state index contributed by atoms with van der Waals surface area (Å²) in [6.07, 6.45) is 0. The Morgan fingerprint density at radius 1 is 1.37 bits per heavy atom. The van der Waals surface area contributed by atoms with Crippen molar-refractivity contribution >= 4 is 34.4 Å². The third-order valence-electron chi connectivity index (χ3n) is 2.96. The fourth-order valence-electron chi connectivity index (χ4n) is 1.89. The first-order valence-electron chi connectivity index (χ1n) is 6.04. The predicted octanol–water partition coefficient (Wildman–Crippen LogP) is 3.43. The monoisotopic (exact) mass is 289 g/mol. The molecule has 6 heteroatoms. The first-order valence-corrected chi connectivity index (χ1v) is 8.08. The number of benzene rings is 1. The minimum atomic E-state index is 0.558. The Kier molecular flexibility index (Phi) is 2.77. The zero-order valence-electron chi connectivity index (χ0n) is 10.00. The van der Waals surface area contributed by atoms with Crippen molar-refractivity contribution in [1.82, 2.24) is 15.2 Å². The molecule has 1 N–H and O–H groups in total. The van der Waals surface area contributed by atoms with Crippen molar-refractivity contribution in [2.75, 3.05) is 11.5 Å². The van der Waals surface area contributed by atoms with Gasteiger partial charge in [0.1, 0.15) is 5.69 Å². The van der Waals surface area contributed by atoms with Crippen LogP contribution in [0.15, 0.2) is 40.0 Å². The van der Waals surface area contributed by atoms with Crippen molar-refractivity contribution in [2.45, 2.75) is 10.5 Å². The maximum absolute atomic E-state index is 5.68. The fraction of sp³-hybridized carbons (Fsp3) is 0.231. The molecule has 0 amide bonds. The van der Waals surface area contributed by atoms with Crippen molar-refractivity contribution in [3.05, 3.63) is 30.3 Å². The Bertz CT molecular complexity index is 684. The van der Waals surface area contributed by atoms with Gasteiger partial charge in [0, 0.05) is 27.7 Å². The molecule has 2 aromatic heterocycles. The van der Waals surface area contributed by atoms with Gasteiger partial charge >= 0.3 is 0 Å². The first-order chi connectivity index (χ1) is 9.38. The summed E-state index contributed by atoms with van der Waals surface area (Å²) in [4.78, 5) is 3.29. The van der Waals surface area contributed by atoms with Gasteiger partial charge in [0.15, 0.2) is 0 Å². The lowest BCUT2D eigenvalue weighted by atomic mass is 10.2. The number of aromatic amines is 1. The van der Waals surface area contributed by atoms with E-state index in [0.717, 1.165) is 27.6 Å². The van der Waals surface area contributed by atoms with Crippen molar-refractivity contribution in [2.24, 2.45) is 0 Å². The van der Waals surface area contributed by atoms with Crippen LogP contribution in [0.3, 0.4) is 0 Å². The number of aromatic nitrogens is 3. The topological polar surface area (TPSA) is 54.7 Å². The number of hydrogen-bond donors (Lipinski definition) is 1. The van der Waals surface area contributed by atoms with Crippen LogP contribution in [0.2, 0.25) is 0 Å². The van der Waals surface area contributed by atoms with Gasteiger partial charge in [-0.05, 0) is 12.1 Å². The summed E-state index contributed by atoms with van der Waals surface area (Å²) in [6, 6.07) is 10.2. The highest BCUT2D eigenvalue weighted by molar-refractivity contribution is 8.08. The van der Waals surface area contributed by atoms with Gasteiger partial charge in [0.25, 0.3) is 11.1 Å². The highest BCUT2D eigenvalue weighted by Gasteiger charge is 2.23. The molecule has 1 aliphatic heterocycles. The van der Waals surface area contributed by atoms with Gasteiger partial charge in [-0.25, -0.2) is 0 Å². The Labute approximate surface area is 118 Å². The summed E-state index contributed by atoms with van der Waals surface area (Å²) in [6.45, 7) is 0. The molecule has 1 aliphatic rings. The highest BCUT2D eigenvalue weighted by atomic mass is 32.2. The zero-order chi connectivity index (χ0) is 12.7. The number of H-pyrrole nitrogens is 1. The molecule has 4 rings (SSSR count). The average Bonchev–Trinajstić information content (AvgIpc) is 2.99. The summed E-state index contributed by atoms with van der Waals surface area (Å²) >= 11 is 3.62. The van der Waals surface area contributed by atoms with Gasteiger partial charge in [-0.1, -0.05) is 30.0 Å². The molecule has 19 heavy (non-hydrogen) atoms. The highest BCUT2D eigenvalue weighted by Crippen LogP contribution is 2.35. The maximum Gasteiger partial charge on any atom is 0.276 e. The number of rotatable bonds is 4. The summed E-state index contributed by atoms with van der Waals surface area (Å²) in [7, 11) is 0. The number of thioether (sulfide) groups is 2. The van der Waals surface area contributed by atoms with Crippen molar-refractivity contribution in [3.8, 4) is 11.6 Å². The lowest BCUT2D eigenvalue weighted by Gasteiger charge is -1.90. The van der Waals surface area contributed by atoms with Crippen LogP contribution >= 0.6 is 23.5 Å². The second kappa shape index (κ2) is 4.61. The van der Waals surface area contributed by atoms with E-state index >= 15 is 0 Å². The van der Waals surface area contributed by atoms with Crippen LogP contribution < -0.4 is 0 Å². The molecule has 0 radical (unpaired) electrons. The third-order valence-corrected chi connectivity index (χ3v) is 5.13. The van der Waals surface area contributed by atoms with E-state index in [-0.39, 0.29) is 0 Å². The van der Waals surface area contributed by atoms with Crippen LogP contribution in [-0.2, 0) is 0 Å². The normalized spacial score (nSPS) is 18.0. The summed E-state index contributed by atoms with van der Waals surface area (Å²) in [5.74, 6) is 2.87. The molecular formula is C13H11N3OS2. The minimum absolute atomic E-state index is 0.558. The standard InChI is InChI=1S/C13H11N3OS2/c1-2-4-10-8(3-1)5-11(14-10)12-15-16-13(17-12)19-7-9-6-18-9/h1-5,9,14H,6-7H2. The average molecular weight is 289 g/mol. The molecule has 1 atom stereocenters. The second-order valence-electron chi connectivity index (χ2n) is 4.41. The molecule has 3 heterocycles. The van der Waals surface area contributed by atoms with Crippen molar-refractivity contribution in [1.29, 1.82) is 0 Å². The van der Waals surface area contributed by atoms with Gasteiger partial charge in [0.2, 0.25) is 0 Å². The van der Waals surface area contributed by atoms with E-state index < -0.39 is 0 Å². The number of nitrogens with zero attached hydrogens (tertiary/aromatic N) is 2. The molecule has 1 fully saturated rings. The molecular weight excluding hydrogens is 278 g/mol. The Morgan fingerprint density at radius 2 is 2.26 bits per heavy atom. The zero-order valence-corrected chi connectivity index (χ0v) is 11.6. The Balaban J connectivity index is 1.60. The van der Waals surface area contributed by atoms with Crippen molar-refractivity contribution < 1.29 is 4.42 Å². The number of fused-ring (bicyclic) bond motifs is 1. The third kappa shape index (κ3) is 2.37. The van der Waals surface area contributed by atoms with Gasteiger partial charge in [-0.3, -0.25) is 0 Å². The van der Waals surface area contributed by atoms with E-state index in [1.54, 1.807) is 11.8 Å². The number of para-hydroxylation sites is 1. The summed E-state index contributed by atoms with van der Waals surface area (Å²) in [5, 5.41) is 10.8. The molecule has 1 aromatic carbocycles. The maximum atomic E-state index is 5.68. The van der Waals surface area contributed by atoms with E-state index in [4.69, 9.17) is 4.42 Å². The lowest BCUT2D eigenvalue weighted by molar-refractivity contribution is 0.465. The Morgan fingerprint density at radius 3 is 3.11 bits per heavy atom. The molecule has 0 saturated carbocycles. The molecule has 4 nitrogen and oxygen atoms in total. The van der Waals surface area contributed by atoms with Crippen LogP contribution in [-0.4, -0.2) is 31.9 Å². The van der Waals surface area contributed by atoms with E-state index in [2.05, 4.69) is 21.2 Å². The van der Waals surface area contributed by atoms with Gasteiger partial charge in [0.05, 0.1) is 0 Å². The van der Waals surface area contributed by atoms with E-state index in [1.165, 1.54) is 5.75 Å². The van der Waals surface area contributed by atoms with E-state index in [9.17, 15) is 0 Å². The molecule has 96 valence electrons. The molecule has 0 spiro atoms. The molecule has 1 saturated heterocycles. The lowest BCUT2D eigenvalue weighted by Crippen LogP contribution is -1.86. The minimum Gasteiger partial charge on any atom is -0.410 e. The number of nitrogens with one attached hydrogen (secondary N) is 1. The van der Waals surface area contributed by atoms with E-state index in [1.807, 2.05) is 36.0 Å². The fourth-order valence-corrected chi connectivity index (χ4v) is 3.57. The Hall–Kier alpha value is -1.40. The first kappa shape index (κ1) is 11.4. The van der Waals surface area contributed by atoms with Gasteiger partial charge in [-0.2, -0.15) is 11.8 Å². The second-order valence-corrected chi connectivity index (χ2v) is 6.71. The van der Waals surface area contributed by atoms with Crippen LogP contribution in [0.5, 0.6) is 0 Å². The molecule has 0 bridgehead atoms. The van der Waals surface area contributed by atoms with Gasteiger partial charge in [-0.15, -0.1) is 10.2 Å². The quantitative estimate of drug-likeness (QED) is 0.589. The molecule has 0 aliphatic carbocycles. The molecule has 3 aromatic rings. The van der Waals surface area contributed by atoms with Gasteiger partial charge < -0.3 is 9.40 Å². The van der Waals surface area contributed by atoms with Crippen LogP contribution in [0.4, 0.5) is 0 Å². The smallest absolute Gasteiger partial charge is 0.276 e. The van der Waals surface area contributed by atoms with Crippen molar-refractivity contribution in [3.63, 3.8) is 0 Å². The van der Waals surface area contributed by atoms with Crippen LogP contribution in [0, 0.1) is 0 Å². The molecule has 1 unspecified atom stereocenters. The number of hydrogen-bond acceptors (Lipinski definition) is 5. The van der Waals surface area contributed by atoms with Crippen LogP contribution in [0.25, 0.3) is 22.5 Å². The summed E-state index contributed by atoms with van der Waals surface area (Å²) in [5.41, 5.74) is 1.96. The van der Waals surface area contributed by atoms with E-state index in [0.29, 0.717) is 11.1 Å². The van der Waals surface area contributed by atoms with Crippen LogP contribution in [0.1, 0.15) is 0 Å². The SMILES string of the molecule is c1ccc2[nH]c(-c3nnc(SCC4CS4)o3)cc2c1. The largest absolute Gasteiger partial charge is 0.410 e. The summed E-state index contributed by atoms with van der Waals surface area (Å²) < 4.78 is 5.68. The predicted molar refractivity (Wildman–Crippen MR) is 78.6 cm³/mol.